The van der Waals surface area contributed by atoms with Crippen LogP contribution >= 0.6 is 12.4 Å². The van der Waals surface area contributed by atoms with E-state index in [9.17, 15) is 4.79 Å². The Bertz CT molecular complexity index is 490. The normalized spacial score (nSPS) is 15.5. The largest absolute Gasteiger partial charge is 0.324 e. The van der Waals surface area contributed by atoms with Crippen LogP contribution in [0.15, 0.2) is 12.1 Å². The number of benzene rings is 1. The van der Waals surface area contributed by atoms with Gasteiger partial charge in [-0.15, -0.1) is 12.4 Å². The molecule has 2 rings (SSSR count). The van der Waals surface area contributed by atoms with Crippen LogP contribution < -0.4 is 10.6 Å². The minimum absolute atomic E-state index is 0. The summed E-state index contributed by atoms with van der Waals surface area (Å²) in [6, 6.07) is 4.73. The molecule has 0 unspecified atom stereocenters. The van der Waals surface area contributed by atoms with Crippen LogP contribution in [0.2, 0.25) is 0 Å². The lowest BCUT2D eigenvalue weighted by atomic mass is 10.0. The molecule has 1 heterocycles. The van der Waals surface area contributed by atoms with Crippen LogP contribution in [0, 0.1) is 20.8 Å². The van der Waals surface area contributed by atoms with E-state index >= 15 is 0 Å². The Morgan fingerprint density at radius 1 is 1.23 bits per heavy atom. The molecule has 0 bridgehead atoms. The molecule has 1 saturated heterocycles. The first-order chi connectivity index (χ1) is 9.97. The quantitative estimate of drug-likeness (QED) is 0.894. The summed E-state index contributed by atoms with van der Waals surface area (Å²) in [5.41, 5.74) is 4.45. The third-order valence-corrected chi connectivity index (χ3v) is 4.27. The van der Waals surface area contributed by atoms with E-state index in [0.717, 1.165) is 42.7 Å². The molecule has 0 atom stereocenters. The van der Waals surface area contributed by atoms with E-state index in [2.05, 4.69) is 34.6 Å². The molecule has 2 N–H and O–H groups in total. The molecule has 1 amide bonds. The number of carbonyl (C=O) groups is 1. The molecular weight excluding hydrogens is 298 g/mol. The number of hydrogen-bond acceptors (Lipinski definition) is 3. The lowest BCUT2D eigenvalue weighted by molar-refractivity contribution is -0.117. The minimum atomic E-state index is 0. The SMILES string of the molecule is Cc1cc(C)c(NC(=O)CN(C)C2CCNCC2)c(C)c1.Cl. The fourth-order valence-electron chi connectivity index (χ4n) is 3.16. The minimum Gasteiger partial charge on any atom is -0.324 e. The topological polar surface area (TPSA) is 44.4 Å². The van der Waals surface area contributed by atoms with Crippen LogP contribution in [0.25, 0.3) is 0 Å². The van der Waals surface area contributed by atoms with E-state index in [1.165, 1.54) is 5.56 Å². The van der Waals surface area contributed by atoms with Crippen molar-refractivity contribution in [3.63, 3.8) is 0 Å². The van der Waals surface area contributed by atoms with Gasteiger partial charge in [0.1, 0.15) is 0 Å². The molecule has 5 heteroatoms. The molecular formula is C17H28ClN3O. The van der Waals surface area contributed by atoms with E-state index in [-0.39, 0.29) is 18.3 Å². The van der Waals surface area contributed by atoms with E-state index in [1.54, 1.807) is 0 Å². The maximum atomic E-state index is 12.3. The number of likely N-dealkylation sites (N-methyl/N-ethyl adjacent to an activating group) is 1. The van der Waals surface area contributed by atoms with Crippen molar-refractivity contribution in [2.45, 2.75) is 39.7 Å². The Morgan fingerprint density at radius 2 is 1.77 bits per heavy atom. The molecule has 0 spiro atoms. The Morgan fingerprint density at radius 3 is 2.32 bits per heavy atom. The van der Waals surface area contributed by atoms with Gasteiger partial charge in [-0.25, -0.2) is 0 Å². The maximum Gasteiger partial charge on any atom is 0.238 e. The molecule has 1 fully saturated rings. The zero-order valence-electron chi connectivity index (χ0n) is 14.0. The van der Waals surface area contributed by atoms with Crippen LogP contribution in [-0.2, 0) is 4.79 Å². The van der Waals surface area contributed by atoms with Gasteiger partial charge in [-0.1, -0.05) is 17.7 Å². The average Bonchev–Trinajstić information content (AvgIpc) is 2.43. The number of nitrogens with zero attached hydrogens (tertiary/aromatic N) is 1. The number of rotatable bonds is 4. The number of anilines is 1. The second-order valence-corrected chi connectivity index (χ2v) is 6.22. The summed E-state index contributed by atoms with van der Waals surface area (Å²) in [6.45, 7) is 8.73. The van der Waals surface area contributed by atoms with Gasteiger partial charge in [-0.2, -0.15) is 0 Å². The first-order valence-electron chi connectivity index (χ1n) is 7.76. The molecule has 22 heavy (non-hydrogen) atoms. The summed E-state index contributed by atoms with van der Waals surface area (Å²) in [6.07, 6.45) is 2.23. The molecule has 0 radical (unpaired) electrons. The van der Waals surface area contributed by atoms with Crippen molar-refractivity contribution < 1.29 is 4.79 Å². The molecule has 1 aliphatic rings. The Balaban J connectivity index is 0.00000242. The zero-order valence-corrected chi connectivity index (χ0v) is 14.8. The van der Waals surface area contributed by atoms with Gasteiger partial charge in [0.15, 0.2) is 0 Å². The highest BCUT2D eigenvalue weighted by molar-refractivity contribution is 5.93. The fourth-order valence-corrected chi connectivity index (χ4v) is 3.16. The monoisotopic (exact) mass is 325 g/mol. The Labute approximate surface area is 140 Å². The van der Waals surface area contributed by atoms with Crippen LogP contribution in [0.5, 0.6) is 0 Å². The second kappa shape index (κ2) is 8.51. The smallest absolute Gasteiger partial charge is 0.238 e. The molecule has 124 valence electrons. The third-order valence-electron chi connectivity index (χ3n) is 4.27. The molecule has 0 saturated carbocycles. The highest BCUT2D eigenvalue weighted by Gasteiger charge is 2.20. The number of hydrogen-bond donors (Lipinski definition) is 2. The van der Waals surface area contributed by atoms with E-state index in [0.29, 0.717) is 12.6 Å². The molecule has 4 nitrogen and oxygen atoms in total. The summed E-state index contributed by atoms with van der Waals surface area (Å²) < 4.78 is 0. The van der Waals surface area contributed by atoms with Gasteiger partial charge in [-0.3, -0.25) is 9.69 Å². The highest BCUT2D eigenvalue weighted by atomic mass is 35.5. The Hall–Kier alpha value is -1.10. The number of nitrogens with one attached hydrogen (secondary N) is 2. The molecule has 1 aromatic rings. The van der Waals surface area contributed by atoms with Crippen molar-refractivity contribution in [1.82, 2.24) is 10.2 Å². The van der Waals surface area contributed by atoms with Crippen LogP contribution in [0.3, 0.4) is 0 Å². The lowest BCUT2D eigenvalue weighted by Gasteiger charge is -2.31. The van der Waals surface area contributed by atoms with Gasteiger partial charge in [0.2, 0.25) is 5.91 Å². The van der Waals surface area contributed by atoms with Crippen molar-refractivity contribution in [3.8, 4) is 0 Å². The predicted molar refractivity (Wildman–Crippen MR) is 95.1 cm³/mol. The van der Waals surface area contributed by atoms with Crippen molar-refractivity contribution in [2.75, 3.05) is 32.0 Å². The molecule has 1 aliphatic heterocycles. The molecule has 0 aromatic heterocycles. The number of carbonyl (C=O) groups excluding carboxylic acids is 1. The highest BCUT2D eigenvalue weighted by Crippen LogP contribution is 2.22. The van der Waals surface area contributed by atoms with Gasteiger partial charge < -0.3 is 10.6 Å². The van der Waals surface area contributed by atoms with E-state index in [4.69, 9.17) is 0 Å². The lowest BCUT2D eigenvalue weighted by Crippen LogP contribution is -2.44. The summed E-state index contributed by atoms with van der Waals surface area (Å²) in [4.78, 5) is 14.5. The Kier molecular flexibility index (Phi) is 7.33. The number of amides is 1. The van der Waals surface area contributed by atoms with Gasteiger partial charge in [0.05, 0.1) is 6.54 Å². The van der Waals surface area contributed by atoms with Crippen molar-refractivity contribution in [1.29, 1.82) is 0 Å². The van der Waals surface area contributed by atoms with Gasteiger partial charge >= 0.3 is 0 Å². The standard InChI is InChI=1S/C17H27N3O.ClH/c1-12-9-13(2)17(14(3)10-12)19-16(21)11-20(4)15-5-7-18-8-6-15;/h9-10,15,18H,5-8,11H2,1-4H3,(H,19,21);1H. The second-order valence-electron chi connectivity index (χ2n) is 6.22. The van der Waals surface area contributed by atoms with Crippen molar-refractivity contribution in [2.24, 2.45) is 0 Å². The summed E-state index contributed by atoms with van der Waals surface area (Å²) in [5, 5.41) is 6.44. The van der Waals surface area contributed by atoms with Crippen molar-refractivity contribution >= 4 is 24.0 Å². The average molecular weight is 326 g/mol. The first kappa shape index (κ1) is 18.9. The zero-order chi connectivity index (χ0) is 15.4. The number of aryl methyl sites for hydroxylation is 3. The maximum absolute atomic E-state index is 12.3. The van der Waals surface area contributed by atoms with E-state index < -0.39 is 0 Å². The van der Waals surface area contributed by atoms with Gasteiger partial charge in [0.25, 0.3) is 0 Å². The molecule has 0 aliphatic carbocycles. The summed E-state index contributed by atoms with van der Waals surface area (Å²) >= 11 is 0. The van der Waals surface area contributed by atoms with Gasteiger partial charge in [-0.05, 0) is 64.9 Å². The van der Waals surface area contributed by atoms with Crippen LogP contribution in [0.4, 0.5) is 5.69 Å². The first-order valence-corrected chi connectivity index (χ1v) is 7.76. The van der Waals surface area contributed by atoms with Gasteiger partial charge in [0, 0.05) is 11.7 Å². The predicted octanol–water partition coefficient (Wildman–Crippen LogP) is 2.66. The third kappa shape index (κ3) is 4.97. The summed E-state index contributed by atoms with van der Waals surface area (Å²) in [5.74, 6) is 0.0751. The number of halogens is 1. The van der Waals surface area contributed by atoms with Crippen molar-refractivity contribution in [3.05, 3.63) is 28.8 Å². The summed E-state index contributed by atoms with van der Waals surface area (Å²) in [7, 11) is 2.05. The van der Waals surface area contributed by atoms with Crippen LogP contribution in [0.1, 0.15) is 29.5 Å². The number of piperidine rings is 1. The van der Waals surface area contributed by atoms with Crippen LogP contribution in [-0.4, -0.2) is 43.5 Å². The fraction of sp³-hybridized carbons (Fsp3) is 0.588. The van der Waals surface area contributed by atoms with E-state index in [1.807, 2.05) is 20.9 Å². The molecule has 1 aromatic carbocycles.